The van der Waals surface area contributed by atoms with Crippen molar-refractivity contribution in [1.29, 1.82) is 5.26 Å². The number of nitrogens with zero attached hydrogens (tertiary/aromatic N) is 1. The molecule has 7 nitrogen and oxygen atoms in total. The van der Waals surface area contributed by atoms with Crippen molar-refractivity contribution in [2.24, 2.45) is 0 Å². The average molecular weight is 394 g/mol. The molecular weight excluding hydrogens is 372 g/mol. The monoisotopic (exact) mass is 394 g/mol. The number of rotatable bonds is 8. The molecule has 0 aliphatic carbocycles. The highest BCUT2D eigenvalue weighted by Crippen LogP contribution is 2.28. The summed E-state index contributed by atoms with van der Waals surface area (Å²) < 4.78 is 15.4. The summed E-state index contributed by atoms with van der Waals surface area (Å²) in [5.41, 5.74) is 3.30. The minimum absolute atomic E-state index is 0.0952. The van der Waals surface area contributed by atoms with E-state index in [0.717, 1.165) is 11.1 Å². The summed E-state index contributed by atoms with van der Waals surface area (Å²) in [6, 6.07) is 12.6. The van der Waals surface area contributed by atoms with Gasteiger partial charge >= 0.3 is 5.97 Å². The maximum absolute atomic E-state index is 12.0. The molecular formula is C22H22N2O5. The van der Waals surface area contributed by atoms with Crippen molar-refractivity contribution in [3.05, 3.63) is 59.2 Å². The van der Waals surface area contributed by atoms with Crippen molar-refractivity contribution >= 4 is 23.6 Å². The molecule has 1 N–H and O–H groups in total. The van der Waals surface area contributed by atoms with Gasteiger partial charge in [-0.2, -0.15) is 5.26 Å². The number of aryl methyl sites for hydroxylation is 2. The SMILES string of the molecule is COc1cc(/C=C/C(=O)OCC(=O)Nc2cc(C)ccc2C)ccc1OCC#N. The first kappa shape index (κ1) is 21.5. The maximum atomic E-state index is 12.0. The van der Waals surface area contributed by atoms with Gasteiger partial charge in [-0.05, 0) is 54.8 Å². The van der Waals surface area contributed by atoms with Gasteiger partial charge in [0, 0.05) is 11.8 Å². The van der Waals surface area contributed by atoms with E-state index in [0.29, 0.717) is 22.7 Å². The number of carbonyl (C=O) groups is 2. The zero-order valence-corrected chi connectivity index (χ0v) is 16.5. The van der Waals surface area contributed by atoms with Crippen LogP contribution in [0.15, 0.2) is 42.5 Å². The van der Waals surface area contributed by atoms with Crippen LogP contribution in [0.2, 0.25) is 0 Å². The van der Waals surface area contributed by atoms with Crippen LogP contribution < -0.4 is 14.8 Å². The van der Waals surface area contributed by atoms with Crippen molar-refractivity contribution < 1.29 is 23.8 Å². The molecule has 0 saturated heterocycles. The van der Waals surface area contributed by atoms with Gasteiger partial charge in [0.2, 0.25) is 0 Å². The Bertz CT molecular complexity index is 960. The zero-order chi connectivity index (χ0) is 21.2. The van der Waals surface area contributed by atoms with Crippen LogP contribution in [0.25, 0.3) is 6.08 Å². The topological polar surface area (TPSA) is 97.7 Å². The van der Waals surface area contributed by atoms with Crippen LogP contribution >= 0.6 is 0 Å². The Kier molecular flexibility index (Phi) is 7.80. The standard InChI is InChI=1S/C22H22N2O5/c1-15-4-5-16(2)18(12-15)24-21(25)14-29-22(26)9-7-17-6-8-19(28-11-10-23)20(13-17)27-3/h4-9,12-13H,11,14H2,1-3H3,(H,24,25)/b9-7+. The van der Waals surface area contributed by atoms with E-state index in [2.05, 4.69) is 5.32 Å². The maximum Gasteiger partial charge on any atom is 0.331 e. The summed E-state index contributed by atoms with van der Waals surface area (Å²) >= 11 is 0. The molecule has 0 atom stereocenters. The van der Waals surface area contributed by atoms with Gasteiger partial charge in [0.25, 0.3) is 5.91 Å². The summed E-state index contributed by atoms with van der Waals surface area (Å²) in [6.07, 6.45) is 2.75. The molecule has 1 amide bonds. The molecule has 0 fully saturated rings. The summed E-state index contributed by atoms with van der Waals surface area (Å²) in [6.45, 7) is 3.33. The molecule has 2 aromatic rings. The van der Waals surface area contributed by atoms with E-state index in [4.69, 9.17) is 19.5 Å². The van der Waals surface area contributed by atoms with Crippen molar-refractivity contribution in [2.45, 2.75) is 13.8 Å². The third-order valence-electron chi connectivity index (χ3n) is 3.90. The highest BCUT2D eigenvalue weighted by Gasteiger charge is 2.08. The molecule has 0 spiro atoms. The first-order valence-electron chi connectivity index (χ1n) is 8.82. The minimum Gasteiger partial charge on any atom is -0.493 e. The number of amides is 1. The van der Waals surface area contributed by atoms with Crippen LogP contribution in [0.1, 0.15) is 16.7 Å². The Balaban J connectivity index is 1.90. The lowest BCUT2D eigenvalue weighted by Gasteiger charge is -2.09. The van der Waals surface area contributed by atoms with Gasteiger partial charge in [-0.15, -0.1) is 0 Å². The normalized spacial score (nSPS) is 10.3. The molecule has 0 radical (unpaired) electrons. The fourth-order valence-corrected chi connectivity index (χ4v) is 2.42. The molecule has 0 aromatic heterocycles. The lowest BCUT2D eigenvalue weighted by Crippen LogP contribution is -2.20. The van der Waals surface area contributed by atoms with E-state index < -0.39 is 11.9 Å². The van der Waals surface area contributed by atoms with Gasteiger partial charge in [0.05, 0.1) is 7.11 Å². The second-order valence-electron chi connectivity index (χ2n) is 6.16. The van der Waals surface area contributed by atoms with Crippen LogP contribution in [0.3, 0.4) is 0 Å². The summed E-state index contributed by atoms with van der Waals surface area (Å²) in [7, 11) is 1.48. The zero-order valence-electron chi connectivity index (χ0n) is 16.5. The highest BCUT2D eigenvalue weighted by molar-refractivity contribution is 5.95. The van der Waals surface area contributed by atoms with Crippen LogP contribution in [-0.4, -0.2) is 32.2 Å². The molecule has 29 heavy (non-hydrogen) atoms. The number of hydrogen-bond acceptors (Lipinski definition) is 6. The predicted molar refractivity (Wildman–Crippen MR) is 109 cm³/mol. The van der Waals surface area contributed by atoms with Crippen molar-refractivity contribution in [3.8, 4) is 17.6 Å². The van der Waals surface area contributed by atoms with E-state index in [9.17, 15) is 9.59 Å². The smallest absolute Gasteiger partial charge is 0.331 e. The second-order valence-corrected chi connectivity index (χ2v) is 6.16. The summed E-state index contributed by atoms with van der Waals surface area (Å²) in [5.74, 6) is -0.202. The van der Waals surface area contributed by atoms with Gasteiger partial charge in [-0.1, -0.05) is 18.2 Å². The average Bonchev–Trinajstić information content (AvgIpc) is 2.72. The van der Waals surface area contributed by atoms with Crippen molar-refractivity contribution in [3.63, 3.8) is 0 Å². The summed E-state index contributed by atoms with van der Waals surface area (Å²) in [4.78, 5) is 23.9. The fourth-order valence-electron chi connectivity index (χ4n) is 2.42. The van der Waals surface area contributed by atoms with Gasteiger partial charge in [-0.25, -0.2) is 4.79 Å². The number of esters is 1. The number of methoxy groups -OCH3 is 1. The van der Waals surface area contributed by atoms with Crippen molar-refractivity contribution in [1.82, 2.24) is 0 Å². The molecule has 0 aliphatic heterocycles. The highest BCUT2D eigenvalue weighted by atomic mass is 16.5. The molecule has 0 heterocycles. The number of anilines is 1. The first-order chi connectivity index (χ1) is 13.9. The quantitative estimate of drug-likeness (QED) is 0.544. The van der Waals surface area contributed by atoms with Crippen LogP contribution in [0, 0.1) is 25.2 Å². The van der Waals surface area contributed by atoms with Gasteiger partial charge in [0.1, 0.15) is 6.07 Å². The molecule has 2 rings (SSSR count). The number of nitriles is 1. The van der Waals surface area contributed by atoms with Crippen LogP contribution in [0.4, 0.5) is 5.69 Å². The Morgan fingerprint density at radius 3 is 2.66 bits per heavy atom. The van der Waals surface area contributed by atoms with Gasteiger partial charge in [0.15, 0.2) is 24.7 Å². The number of benzene rings is 2. The number of nitrogens with one attached hydrogen (secondary N) is 1. The minimum atomic E-state index is -0.648. The Morgan fingerprint density at radius 1 is 1.14 bits per heavy atom. The number of ether oxygens (including phenoxy) is 3. The van der Waals surface area contributed by atoms with E-state index in [1.165, 1.54) is 19.3 Å². The molecule has 0 bridgehead atoms. The molecule has 0 saturated carbocycles. The number of hydrogen-bond donors (Lipinski definition) is 1. The van der Waals surface area contributed by atoms with E-state index in [1.54, 1.807) is 18.2 Å². The van der Waals surface area contributed by atoms with Gasteiger partial charge in [-0.3, -0.25) is 4.79 Å². The summed E-state index contributed by atoms with van der Waals surface area (Å²) in [5, 5.41) is 11.3. The van der Waals surface area contributed by atoms with Crippen LogP contribution in [0.5, 0.6) is 11.5 Å². The third kappa shape index (κ3) is 6.70. The largest absolute Gasteiger partial charge is 0.493 e. The first-order valence-corrected chi connectivity index (χ1v) is 8.82. The Labute approximate surface area is 169 Å². The molecule has 0 unspecified atom stereocenters. The molecule has 0 aliphatic rings. The molecule has 2 aromatic carbocycles. The van der Waals surface area contributed by atoms with Gasteiger partial charge < -0.3 is 19.5 Å². The lowest BCUT2D eigenvalue weighted by atomic mass is 10.1. The third-order valence-corrected chi connectivity index (χ3v) is 3.90. The van der Waals surface area contributed by atoms with E-state index in [-0.39, 0.29) is 13.2 Å². The Hall–Kier alpha value is -3.79. The Morgan fingerprint density at radius 2 is 1.93 bits per heavy atom. The predicted octanol–water partition coefficient (Wildman–Crippen LogP) is 3.41. The molecule has 150 valence electrons. The fraction of sp³-hybridized carbons (Fsp3) is 0.227. The lowest BCUT2D eigenvalue weighted by molar-refractivity contribution is -0.142. The molecule has 7 heteroatoms. The number of carbonyl (C=O) groups excluding carboxylic acids is 2. The van der Waals surface area contributed by atoms with E-state index in [1.807, 2.05) is 38.1 Å². The van der Waals surface area contributed by atoms with Crippen LogP contribution in [-0.2, 0) is 14.3 Å². The second kappa shape index (κ2) is 10.5. The van der Waals surface area contributed by atoms with E-state index >= 15 is 0 Å². The van der Waals surface area contributed by atoms with Crippen molar-refractivity contribution in [2.75, 3.05) is 25.6 Å².